The number of H-pyrrole nitrogens is 1. The lowest BCUT2D eigenvalue weighted by Gasteiger charge is -2.22. The Morgan fingerprint density at radius 3 is 2.58 bits per heavy atom. The van der Waals surface area contributed by atoms with E-state index in [2.05, 4.69) is 29.6 Å². The van der Waals surface area contributed by atoms with E-state index in [0.717, 1.165) is 29.3 Å². The summed E-state index contributed by atoms with van der Waals surface area (Å²) >= 11 is 0. The number of imidazole rings is 1. The van der Waals surface area contributed by atoms with Crippen LogP contribution in [0.5, 0.6) is 0 Å². The van der Waals surface area contributed by atoms with Crippen molar-refractivity contribution in [1.29, 1.82) is 0 Å². The van der Waals surface area contributed by atoms with Gasteiger partial charge in [0.05, 0.1) is 11.0 Å². The summed E-state index contributed by atoms with van der Waals surface area (Å²) in [7, 11) is 0. The van der Waals surface area contributed by atoms with Gasteiger partial charge in [0, 0.05) is 35.1 Å². The maximum atomic E-state index is 12.8. The van der Waals surface area contributed by atoms with Crippen molar-refractivity contribution in [3.63, 3.8) is 0 Å². The van der Waals surface area contributed by atoms with Gasteiger partial charge in [0.15, 0.2) is 5.78 Å². The van der Waals surface area contributed by atoms with E-state index in [-0.39, 0.29) is 5.78 Å². The molecule has 2 heterocycles. The fraction of sp³-hybridized carbons (Fsp3) is 0.333. The number of carbonyl (C=O) groups is 1. The minimum Gasteiger partial charge on any atom is -0.350 e. The highest BCUT2D eigenvalue weighted by Gasteiger charge is 2.19. The van der Waals surface area contributed by atoms with Gasteiger partial charge >= 0.3 is 0 Å². The summed E-state index contributed by atoms with van der Waals surface area (Å²) in [5.41, 5.74) is 6.86. The first-order chi connectivity index (χ1) is 15.1. The monoisotopic (exact) mass is 411 g/mol. The standard InChI is InChI=1S/C27H29N3O/c1-18-16-30(17-20-9-5-3-6-10-20)19(2)25(18)27-28-23-14-13-22(15-24(23)29-27)26(31)21-11-7-4-8-12-21/h4,7-8,11-16,20H,3,5-6,9-10,17H2,1-2H3,(H,28,29). The third-order valence-corrected chi connectivity index (χ3v) is 6.73. The molecule has 0 amide bonds. The SMILES string of the molecule is Cc1cn(CC2CCCCC2)c(C)c1-c1nc2ccc(C(=O)c3ccccc3)cc2[nH]1. The molecule has 1 aliphatic rings. The number of carbonyl (C=O) groups excluding carboxylic acids is 1. The van der Waals surface area contributed by atoms with Crippen LogP contribution in [0.2, 0.25) is 0 Å². The summed E-state index contributed by atoms with van der Waals surface area (Å²) in [6.45, 7) is 5.46. The molecule has 4 heteroatoms. The minimum atomic E-state index is 0.0321. The quantitative estimate of drug-likeness (QED) is 0.383. The average Bonchev–Trinajstić information content (AvgIpc) is 3.33. The predicted molar refractivity (Wildman–Crippen MR) is 125 cm³/mol. The fourth-order valence-corrected chi connectivity index (χ4v) is 5.05. The molecule has 1 saturated carbocycles. The van der Waals surface area contributed by atoms with Gasteiger partial charge in [-0.2, -0.15) is 0 Å². The third kappa shape index (κ3) is 3.83. The molecule has 2 aromatic carbocycles. The molecule has 0 unspecified atom stereocenters. The molecule has 5 rings (SSSR count). The van der Waals surface area contributed by atoms with Crippen LogP contribution in [0.4, 0.5) is 0 Å². The van der Waals surface area contributed by atoms with Crippen molar-refractivity contribution in [3.8, 4) is 11.4 Å². The Labute approximate surface area is 183 Å². The summed E-state index contributed by atoms with van der Waals surface area (Å²) in [4.78, 5) is 21.2. The van der Waals surface area contributed by atoms with Gasteiger partial charge in [-0.1, -0.05) is 49.6 Å². The number of aromatic nitrogens is 3. The van der Waals surface area contributed by atoms with Crippen molar-refractivity contribution < 1.29 is 4.79 Å². The van der Waals surface area contributed by atoms with Gasteiger partial charge in [-0.15, -0.1) is 0 Å². The zero-order valence-electron chi connectivity index (χ0n) is 18.3. The lowest BCUT2D eigenvalue weighted by atomic mass is 9.89. The highest BCUT2D eigenvalue weighted by Crippen LogP contribution is 2.31. The van der Waals surface area contributed by atoms with E-state index in [4.69, 9.17) is 4.98 Å². The van der Waals surface area contributed by atoms with E-state index in [1.807, 2.05) is 48.5 Å². The molecule has 0 aliphatic heterocycles. The van der Waals surface area contributed by atoms with E-state index in [1.165, 1.54) is 48.9 Å². The maximum Gasteiger partial charge on any atom is 0.193 e. The van der Waals surface area contributed by atoms with Gasteiger partial charge in [-0.25, -0.2) is 4.98 Å². The van der Waals surface area contributed by atoms with Crippen molar-refractivity contribution in [2.45, 2.75) is 52.5 Å². The number of hydrogen-bond donors (Lipinski definition) is 1. The predicted octanol–water partition coefficient (Wildman–Crippen LogP) is 6.46. The third-order valence-electron chi connectivity index (χ3n) is 6.73. The molecule has 2 aromatic heterocycles. The lowest BCUT2D eigenvalue weighted by Crippen LogP contribution is -2.14. The first-order valence-electron chi connectivity index (χ1n) is 11.4. The number of rotatable bonds is 5. The van der Waals surface area contributed by atoms with Gasteiger partial charge in [-0.3, -0.25) is 4.79 Å². The molecular formula is C27H29N3O. The highest BCUT2D eigenvalue weighted by molar-refractivity contribution is 6.10. The van der Waals surface area contributed by atoms with Crippen LogP contribution >= 0.6 is 0 Å². The summed E-state index contributed by atoms with van der Waals surface area (Å²) in [5, 5.41) is 0. The van der Waals surface area contributed by atoms with E-state index >= 15 is 0 Å². The number of aromatic amines is 1. The fourth-order valence-electron chi connectivity index (χ4n) is 5.05. The second kappa shape index (κ2) is 8.18. The number of benzene rings is 2. The van der Waals surface area contributed by atoms with Crippen molar-refractivity contribution >= 4 is 16.8 Å². The number of fused-ring (bicyclic) bond motifs is 1. The largest absolute Gasteiger partial charge is 0.350 e. The summed E-state index contributed by atoms with van der Waals surface area (Å²) in [6.07, 6.45) is 9.08. The molecule has 1 fully saturated rings. The molecule has 1 aliphatic carbocycles. The topological polar surface area (TPSA) is 50.7 Å². The molecule has 4 aromatic rings. The number of ketones is 1. The number of aryl methyl sites for hydroxylation is 1. The van der Waals surface area contributed by atoms with Crippen molar-refractivity contribution in [2.75, 3.05) is 0 Å². The van der Waals surface area contributed by atoms with Crippen LogP contribution in [0, 0.1) is 19.8 Å². The molecular weight excluding hydrogens is 382 g/mol. The minimum absolute atomic E-state index is 0.0321. The zero-order chi connectivity index (χ0) is 21.4. The average molecular weight is 412 g/mol. The molecule has 0 spiro atoms. The normalized spacial score (nSPS) is 14.9. The van der Waals surface area contributed by atoms with Gasteiger partial charge in [0.25, 0.3) is 0 Å². The highest BCUT2D eigenvalue weighted by atomic mass is 16.1. The molecule has 31 heavy (non-hydrogen) atoms. The summed E-state index contributed by atoms with van der Waals surface area (Å²) in [6, 6.07) is 15.1. The molecule has 0 radical (unpaired) electrons. The first kappa shape index (κ1) is 19.8. The van der Waals surface area contributed by atoms with Gasteiger partial charge < -0.3 is 9.55 Å². The van der Waals surface area contributed by atoms with Crippen molar-refractivity contribution in [2.24, 2.45) is 5.92 Å². The van der Waals surface area contributed by atoms with Crippen LogP contribution < -0.4 is 0 Å². The molecule has 158 valence electrons. The van der Waals surface area contributed by atoms with Crippen LogP contribution in [0.25, 0.3) is 22.4 Å². The molecule has 1 N–H and O–H groups in total. The van der Waals surface area contributed by atoms with Crippen LogP contribution in [0.1, 0.15) is 59.3 Å². The van der Waals surface area contributed by atoms with E-state index < -0.39 is 0 Å². The Balaban J connectivity index is 1.46. The van der Waals surface area contributed by atoms with Gasteiger partial charge in [-0.05, 0) is 56.4 Å². The van der Waals surface area contributed by atoms with E-state index in [0.29, 0.717) is 11.1 Å². The smallest absolute Gasteiger partial charge is 0.193 e. The number of hydrogen-bond acceptors (Lipinski definition) is 2. The van der Waals surface area contributed by atoms with Gasteiger partial charge in [0.1, 0.15) is 5.82 Å². The molecule has 0 atom stereocenters. The molecule has 0 saturated heterocycles. The Kier molecular flexibility index (Phi) is 5.23. The summed E-state index contributed by atoms with van der Waals surface area (Å²) < 4.78 is 2.41. The second-order valence-corrected chi connectivity index (χ2v) is 8.94. The number of nitrogens with one attached hydrogen (secondary N) is 1. The zero-order valence-corrected chi connectivity index (χ0v) is 18.3. The number of nitrogens with zero attached hydrogens (tertiary/aromatic N) is 2. The Morgan fingerprint density at radius 1 is 1.03 bits per heavy atom. The Bertz CT molecular complexity index is 1230. The van der Waals surface area contributed by atoms with Crippen LogP contribution in [-0.4, -0.2) is 20.3 Å². The van der Waals surface area contributed by atoms with Gasteiger partial charge in [0.2, 0.25) is 0 Å². The van der Waals surface area contributed by atoms with Crippen molar-refractivity contribution in [1.82, 2.24) is 14.5 Å². The van der Waals surface area contributed by atoms with E-state index in [9.17, 15) is 4.79 Å². The van der Waals surface area contributed by atoms with E-state index in [1.54, 1.807) is 0 Å². The first-order valence-corrected chi connectivity index (χ1v) is 11.4. The lowest BCUT2D eigenvalue weighted by molar-refractivity contribution is 0.103. The van der Waals surface area contributed by atoms with Crippen LogP contribution in [-0.2, 0) is 6.54 Å². The Morgan fingerprint density at radius 2 is 1.81 bits per heavy atom. The summed E-state index contributed by atoms with van der Waals surface area (Å²) in [5.74, 6) is 1.70. The molecule has 4 nitrogen and oxygen atoms in total. The molecule has 0 bridgehead atoms. The van der Waals surface area contributed by atoms with Crippen LogP contribution in [0.3, 0.4) is 0 Å². The Hall–Kier alpha value is -3.14. The van der Waals surface area contributed by atoms with Crippen molar-refractivity contribution in [3.05, 3.63) is 77.1 Å². The van der Waals surface area contributed by atoms with Crippen LogP contribution in [0.15, 0.2) is 54.7 Å². The maximum absolute atomic E-state index is 12.8. The second-order valence-electron chi connectivity index (χ2n) is 8.94.